The summed E-state index contributed by atoms with van der Waals surface area (Å²) in [5.74, 6) is 1.01. The molecular formula is C23H19N7O. The van der Waals surface area contributed by atoms with Gasteiger partial charge in [0.25, 0.3) is 0 Å². The molecule has 3 aromatic heterocycles. The normalized spacial score (nSPS) is 11.0. The van der Waals surface area contributed by atoms with E-state index in [2.05, 4.69) is 20.3 Å². The maximum atomic E-state index is 11.4. The van der Waals surface area contributed by atoms with Crippen LogP contribution in [0, 0.1) is 6.92 Å². The number of H-pyrrole nitrogens is 1. The first-order chi connectivity index (χ1) is 15.1. The van der Waals surface area contributed by atoms with Crippen molar-refractivity contribution in [2.75, 3.05) is 5.32 Å². The Balaban J connectivity index is 1.52. The predicted molar refractivity (Wildman–Crippen MR) is 119 cm³/mol. The van der Waals surface area contributed by atoms with Crippen molar-refractivity contribution in [3.05, 3.63) is 84.6 Å². The zero-order chi connectivity index (χ0) is 21.4. The van der Waals surface area contributed by atoms with Gasteiger partial charge in [0.1, 0.15) is 5.82 Å². The Morgan fingerprint density at radius 2 is 1.94 bits per heavy atom. The minimum absolute atomic E-state index is 0.456. The molecule has 0 atom stereocenters. The third kappa shape index (κ3) is 3.51. The number of amides is 1. The van der Waals surface area contributed by atoms with E-state index in [0.717, 1.165) is 33.9 Å². The maximum absolute atomic E-state index is 11.4. The van der Waals surface area contributed by atoms with Gasteiger partial charge in [0.2, 0.25) is 5.91 Å². The highest BCUT2D eigenvalue weighted by atomic mass is 16.1. The van der Waals surface area contributed by atoms with Crippen molar-refractivity contribution in [1.29, 1.82) is 0 Å². The van der Waals surface area contributed by atoms with Crippen LogP contribution in [-0.4, -0.2) is 30.2 Å². The largest absolute Gasteiger partial charge is 0.366 e. The predicted octanol–water partition coefficient (Wildman–Crippen LogP) is 3.94. The van der Waals surface area contributed by atoms with Crippen molar-refractivity contribution in [3.8, 4) is 22.6 Å². The Labute approximate surface area is 177 Å². The van der Waals surface area contributed by atoms with Crippen LogP contribution < -0.4 is 11.1 Å². The number of anilines is 2. The number of aromatic amines is 1. The quantitative estimate of drug-likeness (QED) is 0.407. The summed E-state index contributed by atoms with van der Waals surface area (Å²) in [4.78, 5) is 28.0. The van der Waals surface area contributed by atoms with Crippen molar-refractivity contribution in [2.45, 2.75) is 6.92 Å². The molecule has 0 radical (unpaired) electrons. The van der Waals surface area contributed by atoms with E-state index < -0.39 is 5.91 Å². The Hall–Kier alpha value is -4.46. The van der Waals surface area contributed by atoms with Gasteiger partial charge in [-0.1, -0.05) is 12.1 Å². The van der Waals surface area contributed by atoms with Crippen LogP contribution in [0.15, 0.2) is 73.4 Å². The summed E-state index contributed by atoms with van der Waals surface area (Å²) in [6.45, 7) is 2.04. The van der Waals surface area contributed by atoms with Gasteiger partial charge in [-0.25, -0.2) is 15.0 Å². The zero-order valence-electron chi connectivity index (χ0n) is 16.7. The first-order valence-electron chi connectivity index (χ1n) is 9.70. The molecule has 0 aliphatic rings. The summed E-state index contributed by atoms with van der Waals surface area (Å²) in [7, 11) is 0. The number of nitrogens with zero attached hydrogens (tertiary/aromatic N) is 4. The number of imidazole rings is 2. The van der Waals surface area contributed by atoms with Crippen LogP contribution >= 0.6 is 0 Å². The first-order valence-corrected chi connectivity index (χ1v) is 9.70. The van der Waals surface area contributed by atoms with Gasteiger partial charge < -0.3 is 20.4 Å². The average Bonchev–Trinajstić information content (AvgIpc) is 3.46. The summed E-state index contributed by atoms with van der Waals surface area (Å²) in [6, 6.07) is 13.1. The molecule has 0 fully saturated rings. The summed E-state index contributed by atoms with van der Waals surface area (Å²) >= 11 is 0. The minimum Gasteiger partial charge on any atom is -0.366 e. The van der Waals surface area contributed by atoms with Gasteiger partial charge in [-0.3, -0.25) is 4.79 Å². The third-order valence-electron chi connectivity index (χ3n) is 5.08. The molecule has 8 nitrogen and oxygen atoms in total. The number of fused-ring (bicyclic) bond motifs is 1. The molecule has 31 heavy (non-hydrogen) atoms. The molecule has 152 valence electrons. The summed E-state index contributed by atoms with van der Waals surface area (Å²) < 4.78 is 1.91. The monoisotopic (exact) mass is 409 g/mol. The zero-order valence-corrected chi connectivity index (χ0v) is 16.7. The third-order valence-corrected chi connectivity index (χ3v) is 5.08. The SMILES string of the molecule is Cc1cc(Nc2nc(-c3ccc(C(N)=O)cc3)cn3ccnc23)ccc1-c1ncc[nH]1. The second-order valence-corrected chi connectivity index (χ2v) is 7.17. The standard InChI is InChI=1S/C23H19N7O/c1-14-12-17(6-7-18(14)21-25-8-9-26-21)28-22-23-27-10-11-30(23)13-19(29-22)15-2-4-16(5-3-15)20(24)31/h2-13H,1H3,(H2,24,31)(H,25,26)(H,28,29). The molecule has 0 unspecified atom stereocenters. The lowest BCUT2D eigenvalue weighted by molar-refractivity contribution is 0.100. The Morgan fingerprint density at radius 1 is 1.10 bits per heavy atom. The molecule has 0 bridgehead atoms. The highest BCUT2D eigenvalue weighted by Crippen LogP contribution is 2.28. The number of hydrogen-bond donors (Lipinski definition) is 3. The van der Waals surface area contributed by atoms with Crippen molar-refractivity contribution in [2.24, 2.45) is 5.73 Å². The van der Waals surface area contributed by atoms with Gasteiger partial charge in [0.15, 0.2) is 11.5 Å². The Morgan fingerprint density at radius 3 is 2.65 bits per heavy atom. The van der Waals surface area contributed by atoms with Gasteiger partial charge in [0.05, 0.1) is 5.69 Å². The lowest BCUT2D eigenvalue weighted by atomic mass is 10.1. The Kier molecular flexibility index (Phi) is 4.44. The molecule has 3 heterocycles. The van der Waals surface area contributed by atoms with Gasteiger partial charge in [-0.2, -0.15) is 0 Å². The summed E-state index contributed by atoms with van der Waals surface area (Å²) in [5, 5.41) is 3.39. The maximum Gasteiger partial charge on any atom is 0.248 e. The topological polar surface area (TPSA) is 114 Å². The lowest BCUT2D eigenvalue weighted by Gasteiger charge is -2.12. The second-order valence-electron chi connectivity index (χ2n) is 7.17. The van der Waals surface area contributed by atoms with Crippen molar-refractivity contribution < 1.29 is 4.79 Å². The fourth-order valence-corrected chi connectivity index (χ4v) is 3.52. The van der Waals surface area contributed by atoms with E-state index in [1.807, 2.05) is 54.0 Å². The smallest absolute Gasteiger partial charge is 0.248 e. The van der Waals surface area contributed by atoms with Crippen LogP contribution in [0.2, 0.25) is 0 Å². The number of benzene rings is 2. The van der Waals surface area contributed by atoms with Crippen LogP contribution in [-0.2, 0) is 0 Å². The number of aromatic nitrogens is 5. The molecule has 5 aromatic rings. The average molecular weight is 409 g/mol. The van der Waals surface area contributed by atoms with E-state index in [1.54, 1.807) is 30.7 Å². The van der Waals surface area contributed by atoms with Crippen LogP contribution in [0.5, 0.6) is 0 Å². The van der Waals surface area contributed by atoms with Crippen LogP contribution in [0.25, 0.3) is 28.3 Å². The van der Waals surface area contributed by atoms with Crippen molar-refractivity contribution in [1.82, 2.24) is 24.3 Å². The molecule has 0 aliphatic carbocycles. The highest BCUT2D eigenvalue weighted by molar-refractivity contribution is 5.93. The van der Waals surface area contributed by atoms with E-state index in [1.165, 1.54) is 0 Å². The number of hydrogen-bond acceptors (Lipinski definition) is 5. The molecule has 5 rings (SSSR count). The fourth-order valence-electron chi connectivity index (χ4n) is 3.52. The second kappa shape index (κ2) is 7.42. The molecular weight excluding hydrogens is 390 g/mol. The summed E-state index contributed by atoms with van der Waals surface area (Å²) in [5.41, 5.74) is 11.1. The van der Waals surface area contributed by atoms with Crippen LogP contribution in [0.1, 0.15) is 15.9 Å². The van der Waals surface area contributed by atoms with E-state index in [-0.39, 0.29) is 0 Å². The van der Waals surface area contributed by atoms with E-state index in [4.69, 9.17) is 10.7 Å². The molecule has 8 heteroatoms. The van der Waals surface area contributed by atoms with Crippen molar-refractivity contribution >= 4 is 23.1 Å². The number of primary amides is 1. The van der Waals surface area contributed by atoms with Crippen LogP contribution in [0.3, 0.4) is 0 Å². The van der Waals surface area contributed by atoms with Gasteiger partial charge in [-0.05, 0) is 42.8 Å². The number of nitrogens with two attached hydrogens (primary N) is 1. The lowest BCUT2D eigenvalue weighted by Crippen LogP contribution is -2.10. The molecule has 1 amide bonds. The highest BCUT2D eigenvalue weighted by Gasteiger charge is 2.12. The molecule has 0 saturated heterocycles. The number of carbonyl (C=O) groups is 1. The van der Waals surface area contributed by atoms with E-state index in [9.17, 15) is 4.79 Å². The number of carbonyl (C=O) groups excluding carboxylic acids is 1. The summed E-state index contributed by atoms with van der Waals surface area (Å²) in [6.07, 6.45) is 9.04. The molecule has 0 spiro atoms. The van der Waals surface area contributed by atoms with Gasteiger partial charge in [0, 0.05) is 53.4 Å². The number of rotatable bonds is 5. The molecule has 0 saturated carbocycles. The van der Waals surface area contributed by atoms with Crippen LogP contribution in [0.4, 0.5) is 11.5 Å². The van der Waals surface area contributed by atoms with Gasteiger partial charge in [-0.15, -0.1) is 0 Å². The fraction of sp³-hybridized carbons (Fsp3) is 0.0435. The molecule has 0 aliphatic heterocycles. The molecule has 2 aromatic carbocycles. The molecule has 4 N–H and O–H groups in total. The van der Waals surface area contributed by atoms with E-state index in [0.29, 0.717) is 17.0 Å². The van der Waals surface area contributed by atoms with Crippen molar-refractivity contribution in [3.63, 3.8) is 0 Å². The first kappa shape index (κ1) is 18.6. The Bertz CT molecular complexity index is 1390. The number of aryl methyl sites for hydroxylation is 1. The minimum atomic E-state index is -0.458. The van der Waals surface area contributed by atoms with E-state index >= 15 is 0 Å². The van der Waals surface area contributed by atoms with Gasteiger partial charge >= 0.3 is 0 Å². The number of nitrogens with one attached hydrogen (secondary N) is 2.